The van der Waals surface area contributed by atoms with Crippen LogP contribution in [0.1, 0.15) is 45.4 Å². The summed E-state index contributed by atoms with van der Waals surface area (Å²) in [4.78, 5) is 11.5. The van der Waals surface area contributed by atoms with Crippen LogP contribution in [0.5, 0.6) is 0 Å². The van der Waals surface area contributed by atoms with E-state index in [-0.39, 0.29) is 11.4 Å². The summed E-state index contributed by atoms with van der Waals surface area (Å²) in [6.45, 7) is 2.10. The first-order valence-corrected chi connectivity index (χ1v) is 5.66. The van der Waals surface area contributed by atoms with E-state index in [0.29, 0.717) is 12.0 Å². The molecule has 14 heavy (non-hydrogen) atoms. The number of hydrogen-bond donors (Lipinski definition) is 2. The molecule has 0 aromatic carbocycles. The Morgan fingerprint density at radius 3 is 2.36 bits per heavy atom. The zero-order valence-corrected chi connectivity index (χ0v) is 8.88. The van der Waals surface area contributed by atoms with Gasteiger partial charge in [0.25, 0.3) is 0 Å². The molecule has 2 fully saturated rings. The van der Waals surface area contributed by atoms with Crippen LogP contribution in [0.3, 0.4) is 0 Å². The van der Waals surface area contributed by atoms with Gasteiger partial charge in [-0.2, -0.15) is 0 Å². The molecule has 0 unspecified atom stereocenters. The van der Waals surface area contributed by atoms with Crippen molar-refractivity contribution in [3.05, 3.63) is 0 Å². The molecule has 0 aromatic heterocycles. The van der Waals surface area contributed by atoms with Crippen molar-refractivity contribution in [2.45, 2.75) is 57.0 Å². The molecule has 3 nitrogen and oxygen atoms in total. The Balaban J connectivity index is 1.75. The van der Waals surface area contributed by atoms with Crippen LogP contribution in [0.2, 0.25) is 0 Å². The Labute approximate surface area is 85.4 Å². The standard InChI is InChI=1S/C11H20N2O/c1-11(12)6-4-9(5-7-11)13-10(14)8-2-3-8/h8-9H,2-7,12H2,1H3,(H,13,14). The van der Waals surface area contributed by atoms with E-state index in [1.54, 1.807) is 0 Å². The Kier molecular flexibility index (Phi) is 2.52. The number of hydrogen-bond acceptors (Lipinski definition) is 2. The molecule has 3 heteroatoms. The molecule has 2 aliphatic rings. The van der Waals surface area contributed by atoms with Crippen LogP contribution in [0.25, 0.3) is 0 Å². The van der Waals surface area contributed by atoms with E-state index < -0.39 is 0 Å². The second kappa shape index (κ2) is 3.54. The van der Waals surface area contributed by atoms with Crippen molar-refractivity contribution in [1.82, 2.24) is 5.32 Å². The number of rotatable bonds is 2. The van der Waals surface area contributed by atoms with Gasteiger partial charge < -0.3 is 11.1 Å². The van der Waals surface area contributed by atoms with E-state index in [1.165, 1.54) is 0 Å². The van der Waals surface area contributed by atoms with Gasteiger partial charge in [-0.15, -0.1) is 0 Å². The molecule has 0 radical (unpaired) electrons. The third kappa shape index (κ3) is 2.47. The number of amides is 1. The predicted octanol–water partition coefficient (Wildman–Crippen LogP) is 1.17. The fourth-order valence-corrected chi connectivity index (χ4v) is 2.09. The number of carbonyl (C=O) groups excluding carboxylic acids is 1. The Morgan fingerprint density at radius 1 is 1.29 bits per heavy atom. The molecule has 2 rings (SSSR count). The minimum Gasteiger partial charge on any atom is -0.353 e. The summed E-state index contributed by atoms with van der Waals surface area (Å²) in [5.74, 6) is 0.608. The van der Waals surface area contributed by atoms with Gasteiger partial charge in [0.05, 0.1) is 0 Å². The molecule has 1 amide bonds. The van der Waals surface area contributed by atoms with Crippen LogP contribution in [-0.4, -0.2) is 17.5 Å². The van der Waals surface area contributed by atoms with E-state index in [2.05, 4.69) is 12.2 Å². The SMILES string of the molecule is CC1(N)CCC(NC(=O)C2CC2)CC1. The molecule has 0 bridgehead atoms. The van der Waals surface area contributed by atoms with Gasteiger partial charge in [-0.3, -0.25) is 4.79 Å². The van der Waals surface area contributed by atoms with E-state index >= 15 is 0 Å². The van der Waals surface area contributed by atoms with Gasteiger partial charge in [-0.05, 0) is 45.4 Å². The van der Waals surface area contributed by atoms with E-state index in [1.807, 2.05) is 0 Å². The molecule has 0 spiro atoms. The van der Waals surface area contributed by atoms with Crippen molar-refractivity contribution in [2.75, 3.05) is 0 Å². The quantitative estimate of drug-likeness (QED) is 0.696. The van der Waals surface area contributed by atoms with Gasteiger partial charge in [0.2, 0.25) is 5.91 Å². The maximum absolute atomic E-state index is 11.5. The molecule has 2 saturated carbocycles. The van der Waals surface area contributed by atoms with Crippen LogP contribution in [0.4, 0.5) is 0 Å². The molecular weight excluding hydrogens is 176 g/mol. The van der Waals surface area contributed by atoms with Crippen molar-refractivity contribution in [3.8, 4) is 0 Å². The highest BCUT2D eigenvalue weighted by atomic mass is 16.2. The second-order valence-corrected chi connectivity index (χ2v) is 5.21. The Hall–Kier alpha value is -0.570. The topological polar surface area (TPSA) is 55.1 Å². The van der Waals surface area contributed by atoms with Gasteiger partial charge in [-0.1, -0.05) is 0 Å². The maximum atomic E-state index is 11.5. The smallest absolute Gasteiger partial charge is 0.223 e. The highest BCUT2D eigenvalue weighted by Gasteiger charge is 2.33. The van der Waals surface area contributed by atoms with Gasteiger partial charge in [0.15, 0.2) is 0 Å². The van der Waals surface area contributed by atoms with Crippen LogP contribution >= 0.6 is 0 Å². The summed E-state index contributed by atoms with van der Waals surface area (Å²) >= 11 is 0. The molecule has 0 saturated heterocycles. The normalized spacial score (nSPS) is 38.0. The highest BCUT2D eigenvalue weighted by Crippen LogP contribution is 2.30. The fraction of sp³-hybridized carbons (Fsp3) is 0.909. The zero-order valence-electron chi connectivity index (χ0n) is 8.88. The minimum absolute atomic E-state index is 0.000802. The van der Waals surface area contributed by atoms with Crippen LogP contribution < -0.4 is 11.1 Å². The zero-order chi connectivity index (χ0) is 10.2. The molecule has 0 atom stereocenters. The Bertz CT molecular complexity index is 223. The maximum Gasteiger partial charge on any atom is 0.223 e. The average Bonchev–Trinajstić information content (AvgIpc) is 2.91. The summed E-state index contributed by atoms with van der Waals surface area (Å²) in [5.41, 5.74) is 6.03. The Morgan fingerprint density at radius 2 is 1.86 bits per heavy atom. The van der Waals surface area contributed by atoms with Crippen LogP contribution in [0, 0.1) is 5.92 Å². The van der Waals surface area contributed by atoms with Crippen LogP contribution in [0.15, 0.2) is 0 Å². The first-order valence-electron chi connectivity index (χ1n) is 5.66. The summed E-state index contributed by atoms with van der Waals surface area (Å²) in [5, 5.41) is 3.12. The number of nitrogens with two attached hydrogens (primary N) is 1. The molecule has 0 heterocycles. The predicted molar refractivity (Wildman–Crippen MR) is 55.7 cm³/mol. The molecule has 0 aromatic rings. The highest BCUT2D eigenvalue weighted by molar-refractivity contribution is 5.81. The lowest BCUT2D eigenvalue weighted by molar-refractivity contribution is -0.123. The molecule has 0 aliphatic heterocycles. The van der Waals surface area contributed by atoms with Crippen molar-refractivity contribution >= 4 is 5.91 Å². The van der Waals surface area contributed by atoms with Crippen molar-refractivity contribution in [1.29, 1.82) is 0 Å². The average molecular weight is 196 g/mol. The van der Waals surface area contributed by atoms with Gasteiger partial charge >= 0.3 is 0 Å². The molecule has 3 N–H and O–H groups in total. The first-order chi connectivity index (χ1) is 6.57. The summed E-state index contributed by atoms with van der Waals surface area (Å²) in [7, 11) is 0. The van der Waals surface area contributed by atoms with E-state index in [9.17, 15) is 4.79 Å². The fourth-order valence-electron chi connectivity index (χ4n) is 2.09. The lowest BCUT2D eigenvalue weighted by Gasteiger charge is -2.34. The number of nitrogens with one attached hydrogen (secondary N) is 1. The van der Waals surface area contributed by atoms with Gasteiger partial charge in [0, 0.05) is 17.5 Å². The summed E-state index contributed by atoms with van der Waals surface area (Å²) in [6, 6.07) is 0.389. The minimum atomic E-state index is 0.000802. The molecule has 80 valence electrons. The lowest BCUT2D eigenvalue weighted by Crippen LogP contribution is -2.46. The van der Waals surface area contributed by atoms with Gasteiger partial charge in [0.1, 0.15) is 0 Å². The second-order valence-electron chi connectivity index (χ2n) is 5.21. The largest absolute Gasteiger partial charge is 0.353 e. The monoisotopic (exact) mass is 196 g/mol. The first kappa shape index (κ1) is 9.97. The third-order valence-corrected chi connectivity index (χ3v) is 3.42. The summed E-state index contributed by atoms with van der Waals surface area (Å²) in [6.07, 6.45) is 6.34. The molecule has 2 aliphatic carbocycles. The van der Waals surface area contributed by atoms with Gasteiger partial charge in [-0.25, -0.2) is 0 Å². The summed E-state index contributed by atoms with van der Waals surface area (Å²) < 4.78 is 0. The van der Waals surface area contributed by atoms with E-state index in [0.717, 1.165) is 38.5 Å². The lowest BCUT2D eigenvalue weighted by atomic mass is 9.81. The van der Waals surface area contributed by atoms with E-state index in [4.69, 9.17) is 5.73 Å². The van der Waals surface area contributed by atoms with Crippen molar-refractivity contribution < 1.29 is 4.79 Å². The molecular formula is C11H20N2O. The third-order valence-electron chi connectivity index (χ3n) is 3.42. The van der Waals surface area contributed by atoms with Crippen molar-refractivity contribution in [2.24, 2.45) is 11.7 Å². The van der Waals surface area contributed by atoms with Crippen LogP contribution in [-0.2, 0) is 4.79 Å². The van der Waals surface area contributed by atoms with Crippen molar-refractivity contribution in [3.63, 3.8) is 0 Å². The number of carbonyl (C=O) groups is 1.